The number of hydrogen-bond acceptors (Lipinski definition) is 5. The number of aromatic nitrogens is 2. The number of para-hydroxylation sites is 2. The minimum absolute atomic E-state index is 0.627. The van der Waals surface area contributed by atoms with Crippen LogP contribution in [-0.4, -0.2) is 16.5 Å². The van der Waals surface area contributed by atoms with Gasteiger partial charge in [0.25, 0.3) is 5.22 Å². The highest BCUT2D eigenvalue weighted by Gasteiger charge is 2.10. The van der Waals surface area contributed by atoms with Gasteiger partial charge in [-0.05, 0) is 42.1 Å². The number of pyridine rings is 1. The van der Waals surface area contributed by atoms with Crippen molar-refractivity contribution in [3.05, 3.63) is 48.2 Å². The molecule has 0 amide bonds. The van der Waals surface area contributed by atoms with E-state index in [4.69, 9.17) is 4.42 Å². The first-order chi connectivity index (χ1) is 9.86. The molecule has 1 N–H and O–H groups in total. The summed E-state index contributed by atoms with van der Waals surface area (Å²) in [5.74, 6) is 0. The van der Waals surface area contributed by atoms with Crippen molar-refractivity contribution >= 4 is 22.9 Å². The van der Waals surface area contributed by atoms with Crippen LogP contribution in [0, 0.1) is 0 Å². The van der Waals surface area contributed by atoms with Gasteiger partial charge >= 0.3 is 0 Å². The Kier molecular flexibility index (Phi) is 3.99. The summed E-state index contributed by atoms with van der Waals surface area (Å²) < 4.78 is 5.72. The third-order valence-corrected chi connectivity index (χ3v) is 3.78. The van der Waals surface area contributed by atoms with Gasteiger partial charge in [0.2, 0.25) is 0 Å². The second-order valence-electron chi connectivity index (χ2n) is 4.30. The summed E-state index contributed by atoms with van der Waals surface area (Å²) in [5, 5.41) is 4.87. The van der Waals surface area contributed by atoms with E-state index in [2.05, 4.69) is 28.3 Å². The number of benzene rings is 1. The minimum Gasteiger partial charge on any atom is -0.431 e. The van der Waals surface area contributed by atoms with E-state index in [-0.39, 0.29) is 0 Å². The van der Waals surface area contributed by atoms with E-state index in [9.17, 15) is 0 Å². The largest absolute Gasteiger partial charge is 0.431 e. The van der Waals surface area contributed by atoms with Gasteiger partial charge in [0, 0.05) is 12.7 Å². The van der Waals surface area contributed by atoms with Gasteiger partial charge in [0.1, 0.15) is 10.5 Å². The monoisotopic (exact) mass is 285 g/mol. The van der Waals surface area contributed by atoms with E-state index in [1.165, 1.54) is 11.8 Å². The molecule has 0 atom stereocenters. The second kappa shape index (κ2) is 6.07. The molecule has 0 aliphatic rings. The van der Waals surface area contributed by atoms with Crippen LogP contribution in [0.2, 0.25) is 0 Å². The molecule has 102 valence electrons. The molecule has 0 unspecified atom stereocenters. The molecular formula is C15H15N3OS. The fraction of sp³-hybridized carbons (Fsp3) is 0.200. The van der Waals surface area contributed by atoms with E-state index in [0.717, 1.165) is 34.8 Å². The normalized spacial score (nSPS) is 11.1. The van der Waals surface area contributed by atoms with Gasteiger partial charge in [0.15, 0.2) is 5.58 Å². The molecule has 3 rings (SSSR count). The van der Waals surface area contributed by atoms with Gasteiger partial charge < -0.3 is 9.73 Å². The van der Waals surface area contributed by atoms with Crippen molar-refractivity contribution in [2.24, 2.45) is 0 Å². The molecule has 0 fully saturated rings. The zero-order valence-corrected chi connectivity index (χ0v) is 12.0. The summed E-state index contributed by atoms with van der Waals surface area (Å²) in [6.45, 7) is 3.82. The summed E-state index contributed by atoms with van der Waals surface area (Å²) >= 11 is 1.46. The lowest BCUT2D eigenvalue weighted by molar-refractivity contribution is 0.489. The average Bonchev–Trinajstić information content (AvgIpc) is 2.88. The lowest BCUT2D eigenvalue weighted by atomic mass is 10.3. The van der Waals surface area contributed by atoms with E-state index in [1.807, 2.05) is 30.3 Å². The number of nitrogens with one attached hydrogen (secondary N) is 1. The Labute approximate surface area is 121 Å². The van der Waals surface area contributed by atoms with Crippen LogP contribution in [0.25, 0.3) is 11.1 Å². The fourth-order valence-corrected chi connectivity index (χ4v) is 2.71. The van der Waals surface area contributed by atoms with E-state index >= 15 is 0 Å². The topological polar surface area (TPSA) is 51.0 Å². The first-order valence-corrected chi connectivity index (χ1v) is 7.36. The molecule has 0 radical (unpaired) electrons. The zero-order valence-electron chi connectivity index (χ0n) is 11.2. The zero-order chi connectivity index (χ0) is 13.8. The van der Waals surface area contributed by atoms with Gasteiger partial charge in [-0.2, -0.15) is 0 Å². The molecule has 5 heteroatoms. The summed E-state index contributed by atoms with van der Waals surface area (Å²) in [7, 11) is 0. The third-order valence-electron chi connectivity index (χ3n) is 2.87. The highest BCUT2D eigenvalue weighted by molar-refractivity contribution is 7.99. The molecule has 1 aromatic carbocycles. The first kappa shape index (κ1) is 13.1. The van der Waals surface area contributed by atoms with Crippen LogP contribution in [0.3, 0.4) is 0 Å². The summed E-state index contributed by atoms with van der Waals surface area (Å²) in [4.78, 5) is 8.89. The highest BCUT2D eigenvalue weighted by Crippen LogP contribution is 2.30. The van der Waals surface area contributed by atoms with Gasteiger partial charge in [-0.25, -0.2) is 9.97 Å². The Bertz CT molecular complexity index is 678. The van der Waals surface area contributed by atoms with Crippen LogP contribution >= 0.6 is 11.8 Å². The van der Waals surface area contributed by atoms with E-state index in [0.29, 0.717) is 5.22 Å². The van der Waals surface area contributed by atoms with Gasteiger partial charge in [-0.1, -0.05) is 25.1 Å². The van der Waals surface area contributed by atoms with Crippen molar-refractivity contribution in [1.82, 2.24) is 15.3 Å². The van der Waals surface area contributed by atoms with Crippen LogP contribution in [0.15, 0.2) is 57.3 Å². The molecule has 3 aromatic rings. The molecule has 0 saturated heterocycles. The van der Waals surface area contributed by atoms with Crippen LogP contribution in [0.1, 0.15) is 12.5 Å². The van der Waals surface area contributed by atoms with Gasteiger partial charge in [0.05, 0.1) is 0 Å². The number of hydrogen-bond donors (Lipinski definition) is 1. The van der Waals surface area contributed by atoms with Crippen LogP contribution in [-0.2, 0) is 6.54 Å². The third kappa shape index (κ3) is 2.84. The maximum Gasteiger partial charge on any atom is 0.263 e. The Hall–Kier alpha value is -1.85. The summed E-state index contributed by atoms with van der Waals surface area (Å²) in [6.07, 6.45) is 1.79. The lowest BCUT2D eigenvalue weighted by Gasteiger charge is -2.06. The number of oxazole rings is 1. The molecule has 4 nitrogen and oxygen atoms in total. The van der Waals surface area contributed by atoms with Crippen molar-refractivity contribution in [3.63, 3.8) is 0 Å². The molecule has 0 spiro atoms. The van der Waals surface area contributed by atoms with Crippen molar-refractivity contribution < 1.29 is 4.42 Å². The number of nitrogens with zero attached hydrogens (tertiary/aromatic N) is 2. The summed E-state index contributed by atoms with van der Waals surface area (Å²) in [5.41, 5.74) is 2.83. The fourth-order valence-electron chi connectivity index (χ4n) is 1.89. The van der Waals surface area contributed by atoms with E-state index in [1.54, 1.807) is 6.20 Å². The SMILES string of the molecule is CCNCc1cccnc1Sc1nc2ccccc2o1. The maximum atomic E-state index is 5.72. The Morgan fingerprint density at radius 1 is 1.20 bits per heavy atom. The molecule has 2 heterocycles. The van der Waals surface area contributed by atoms with Crippen LogP contribution in [0.5, 0.6) is 0 Å². The minimum atomic E-state index is 0.627. The van der Waals surface area contributed by atoms with Gasteiger partial charge in [-0.3, -0.25) is 0 Å². The summed E-state index contributed by atoms with van der Waals surface area (Å²) in [6, 6.07) is 11.8. The number of rotatable bonds is 5. The molecule has 2 aromatic heterocycles. The molecule has 20 heavy (non-hydrogen) atoms. The van der Waals surface area contributed by atoms with Crippen LogP contribution in [0.4, 0.5) is 0 Å². The highest BCUT2D eigenvalue weighted by atomic mass is 32.2. The Morgan fingerprint density at radius 3 is 2.95 bits per heavy atom. The van der Waals surface area contributed by atoms with Crippen molar-refractivity contribution in [3.8, 4) is 0 Å². The van der Waals surface area contributed by atoms with Crippen LogP contribution < -0.4 is 5.32 Å². The van der Waals surface area contributed by atoms with Crippen molar-refractivity contribution in [1.29, 1.82) is 0 Å². The molecule has 0 aliphatic carbocycles. The molecule has 0 aliphatic heterocycles. The van der Waals surface area contributed by atoms with Gasteiger partial charge in [-0.15, -0.1) is 0 Å². The van der Waals surface area contributed by atoms with E-state index < -0.39 is 0 Å². The molecule has 0 saturated carbocycles. The first-order valence-electron chi connectivity index (χ1n) is 6.55. The standard InChI is InChI=1S/C15H15N3OS/c1-2-16-10-11-6-5-9-17-14(11)20-15-18-12-7-3-4-8-13(12)19-15/h3-9,16H,2,10H2,1H3. The molecular weight excluding hydrogens is 270 g/mol. The predicted octanol–water partition coefficient (Wildman–Crippen LogP) is 3.48. The quantitative estimate of drug-likeness (QED) is 0.777. The Balaban J connectivity index is 1.86. The molecule has 0 bridgehead atoms. The van der Waals surface area contributed by atoms with Crippen molar-refractivity contribution in [2.45, 2.75) is 23.7 Å². The average molecular weight is 285 g/mol. The smallest absolute Gasteiger partial charge is 0.263 e. The number of fused-ring (bicyclic) bond motifs is 1. The predicted molar refractivity (Wildman–Crippen MR) is 79.7 cm³/mol. The van der Waals surface area contributed by atoms with Crippen molar-refractivity contribution in [2.75, 3.05) is 6.54 Å². The Morgan fingerprint density at radius 2 is 2.10 bits per heavy atom. The second-order valence-corrected chi connectivity index (χ2v) is 5.24. The lowest BCUT2D eigenvalue weighted by Crippen LogP contribution is -2.12. The maximum absolute atomic E-state index is 5.72.